The number of rotatable bonds is 4. The molecule has 6 nitrogen and oxygen atoms in total. The van der Waals surface area contributed by atoms with E-state index in [1.807, 2.05) is 55.5 Å². The van der Waals surface area contributed by atoms with Crippen molar-refractivity contribution in [1.29, 1.82) is 0 Å². The van der Waals surface area contributed by atoms with Crippen molar-refractivity contribution in [2.24, 2.45) is 4.99 Å². The van der Waals surface area contributed by atoms with E-state index in [9.17, 15) is 5.11 Å². The van der Waals surface area contributed by atoms with Crippen molar-refractivity contribution < 1.29 is 14.3 Å². The molecule has 0 spiro atoms. The topological polar surface area (TPSA) is 80.7 Å². The van der Waals surface area contributed by atoms with Gasteiger partial charge in [-0.1, -0.05) is 17.7 Å². The fourth-order valence-electron chi connectivity index (χ4n) is 2.65. The molecule has 2 aromatic heterocycles. The molecule has 0 radical (unpaired) electrons. The summed E-state index contributed by atoms with van der Waals surface area (Å²) in [6.45, 7) is 2.00. The average molecular weight is 359 g/mol. The number of aryl methyl sites for hydroxylation is 1. The summed E-state index contributed by atoms with van der Waals surface area (Å²) < 4.78 is 10.5. The lowest BCUT2D eigenvalue weighted by atomic mass is 10.1. The molecular weight excluding hydrogens is 342 g/mol. The molecule has 0 aliphatic heterocycles. The summed E-state index contributed by atoms with van der Waals surface area (Å²) in [6.07, 6.45) is 3.11. The monoisotopic (exact) mass is 359 g/mol. The molecule has 0 unspecified atom stereocenters. The maximum Gasteiger partial charge on any atom is 0.312 e. The lowest BCUT2D eigenvalue weighted by Crippen LogP contribution is -1.85. The molecule has 4 rings (SSSR count). The zero-order valence-electron chi connectivity index (χ0n) is 14.9. The van der Waals surface area contributed by atoms with Crippen molar-refractivity contribution >= 4 is 22.8 Å². The number of aromatic hydroxyl groups is 1. The summed E-state index contributed by atoms with van der Waals surface area (Å²) in [7, 11) is 1.62. The van der Waals surface area contributed by atoms with Crippen LogP contribution in [0.4, 0.5) is 5.69 Å². The van der Waals surface area contributed by atoms with Crippen molar-refractivity contribution in [3.8, 4) is 23.1 Å². The van der Waals surface area contributed by atoms with Crippen LogP contribution < -0.4 is 4.74 Å². The molecule has 2 aromatic carbocycles. The van der Waals surface area contributed by atoms with E-state index in [4.69, 9.17) is 9.15 Å². The van der Waals surface area contributed by atoms with Gasteiger partial charge in [0, 0.05) is 17.0 Å². The second-order valence-electron chi connectivity index (χ2n) is 6.09. The predicted octanol–water partition coefficient (Wildman–Crippen LogP) is 4.66. The molecule has 4 aromatic rings. The Bertz CT molecular complexity index is 1130. The molecule has 134 valence electrons. The number of hydrogen-bond acceptors (Lipinski definition) is 6. The molecule has 0 aliphatic carbocycles. The Morgan fingerprint density at radius 2 is 1.93 bits per heavy atom. The van der Waals surface area contributed by atoms with Crippen molar-refractivity contribution in [3.05, 3.63) is 66.0 Å². The molecule has 2 heterocycles. The molecule has 0 bridgehead atoms. The van der Waals surface area contributed by atoms with Crippen LogP contribution in [0.25, 0.3) is 22.4 Å². The Hall–Kier alpha value is -3.67. The van der Waals surface area contributed by atoms with Crippen molar-refractivity contribution in [2.75, 3.05) is 7.11 Å². The van der Waals surface area contributed by atoms with Crippen LogP contribution in [0, 0.1) is 6.92 Å². The highest BCUT2D eigenvalue weighted by atomic mass is 16.5. The van der Waals surface area contributed by atoms with Gasteiger partial charge < -0.3 is 14.3 Å². The van der Waals surface area contributed by atoms with Gasteiger partial charge >= 0.3 is 5.95 Å². The highest BCUT2D eigenvalue weighted by molar-refractivity contribution is 5.86. The van der Waals surface area contributed by atoms with E-state index in [0.29, 0.717) is 11.6 Å². The molecule has 0 aliphatic rings. The minimum absolute atomic E-state index is 0.264. The lowest BCUT2D eigenvalue weighted by Gasteiger charge is -2.02. The molecule has 27 heavy (non-hydrogen) atoms. The summed E-state index contributed by atoms with van der Waals surface area (Å²) in [5, 5.41) is 10.9. The van der Waals surface area contributed by atoms with E-state index in [1.54, 1.807) is 13.3 Å². The number of benzene rings is 2. The Balaban J connectivity index is 1.61. The Kier molecular flexibility index (Phi) is 4.30. The first-order valence-electron chi connectivity index (χ1n) is 8.37. The van der Waals surface area contributed by atoms with E-state index < -0.39 is 0 Å². The van der Waals surface area contributed by atoms with E-state index in [1.165, 1.54) is 6.21 Å². The molecule has 0 fully saturated rings. The van der Waals surface area contributed by atoms with Gasteiger partial charge in [-0.05, 0) is 37.3 Å². The van der Waals surface area contributed by atoms with Crippen molar-refractivity contribution in [3.63, 3.8) is 0 Å². The smallest absolute Gasteiger partial charge is 0.312 e. The van der Waals surface area contributed by atoms with Crippen LogP contribution in [0.1, 0.15) is 11.3 Å². The zero-order chi connectivity index (χ0) is 18.8. The molecule has 0 saturated heterocycles. The van der Waals surface area contributed by atoms with Gasteiger partial charge in [0.15, 0.2) is 5.69 Å². The number of methoxy groups -OCH3 is 1. The molecule has 0 saturated carbocycles. The molecule has 0 atom stereocenters. The third-order valence-corrected chi connectivity index (χ3v) is 4.15. The normalized spacial score (nSPS) is 11.3. The highest BCUT2D eigenvalue weighted by Gasteiger charge is 2.12. The number of fused-ring (bicyclic) bond motifs is 1. The highest BCUT2D eigenvalue weighted by Crippen LogP contribution is 2.27. The average Bonchev–Trinajstić information content (AvgIpc) is 3.07. The standard InChI is InChI=1S/C21H17N3O3/c1-13-3-5-14(6-4-13)20-24-19(21(25)27-20)12-22-16-9-15-7-8-17(26-2)10-18(15)23-11-16/h3-12,25H,1-2H3. The van der Waals surface area contributed by atoms with Gasteiger partial charge in [0.2, 0.25) is 5.89 Å². The second-order valence-corrected chi connectivity index (χ2v) is 6.09. The minimum atomic E-state index is -0.271. The number of oxazole rings is 1. The predicted molar refractivity (Wildman–Crippen MR) is 104 cm³/mol. The Morgan fingerprint density at radius 3 is 2.70 bits per heavy atom. The van der Waals surface area contributed by atoms with E-state index in [0.717, 1.165) is 27.8 Å². The van der Waals surface area contributed by atoms with Crippen LogP contribution in [0.2, 0.25) is 0 Å². The summed E-state index contributed by atoms with van der Waals surface area (Å²) in [5.74, 6) is 0.827. The number of ether oxygens (including phenoxy) is 1. The van der Waals surface area contributed by atoms with Crippen LogP contribution in [0.5, 0.6) is 11.7 Å². The molecule has 1 N–H and O–H groups in total. The van der Waals surface area contributed by atoms with E-state index in [-0.39, 0.29) is 11.6 Å². The zero-order valence-corrected chi connectivity index (χ0v) is 14.9. The fourth-order valence-corrected chi connectivity index (χ4v) is 2.65. The van der Waals surface area contributed by atoms with Gasteiger partial charge in [0.1, 0.15) is 5.75 Å². The summed E-state index contributed by atoms with van der Waals surface area (Å²) in [4.78, 5) is 13.0. The SMILES string of the molecule is COc1ccc2cc(N=Cc3nc(-c4ccc(C)cc4)oc3O)cnc2c1. The number of hydrogen-bond donors (Lipinski definition) is 1. The first-order chi connectivity index (χ1) is 13.1. The number of nitrogens with zero attached hydrogens (tertiary/aromatic N) is 3. The first-order valence-corrected chi connectivity index (χ1v) is 8.37. The number of pyridine rings is 1. The second kappa shape index (κ2) is 6.92. The van der Waals surface area contributed by atoms with Crippen molar-refractivity contribution in [1.82, 2.24) is 9.97 Å². The maximum atomic E-state index is 10.0. The van der Waals surface area contributed by atoms with Crippen LogP contribution in [-0.4, -0.2) is 28.4 Å². The van der Waals surface area contributed by atoms with Crippen LogP contribution in [0.3, 0.4) is 0 Å². The van der Waals surface area contributed by atoms with Gasteiger partial charge in [-0.3, -0.25) is 9.98 Å². The minimum Gasteiger partial charge on any atom is -0.497 e. The largest absolute Gasteiger partial charge is 0.497 e. The third-order valence-electron chi connectivity index (χ3n) is 4.15. The number of aromatic nitrogens is 2. The van der Waals surface area contributed by atoms with Gasteiger partial charge in [-0.2, -0.15) is 0 Å². The lowest BCUT2D eigenvalue weighted by molar-refractivity contribution is 0.337. The van der Waals surface area contributed by atoms with Gasteiger partial charge in [0.05, 0.1) is 30.7 Å². The van der Waals surface area contributed by atoms with Gasteiger partial charge in [-0.25, -0.2) is 4.98 Å². The molecule has 0 amide bonds. The Morgan fingerprint density at radius 1 is 1.11 bits per heavy atom. The van der Waals surface area contributed by atoms with Crippen LogP contribution in [-0.2, 0) is 0 Å². The summed E-state index contributed by atoms with van der Waals surface area (Å²) in [5.41, 5.74) is 3.65. The Labute approximate surface area is 155 Å². The van der Waals surface area contributed by atoms with Gasteiger partial charge in [0.25, 0.3) is 0 Å². The van der Waals surface area contributed by atoms with E-state index in [2.05, 4.69) is 15.0 Å². The van der Waals surface area contributed by atoms with Crippen molar-refractivity contribution in [2.45, 2.75) is 6.92 Å². The summed E-state index contributed by atoms with van der Waals surface area (Å²) in [6, 6.07) is 15.3. The fraction of sp³-hybridized carbons (Fsp3) is 0.0952. The maximum absolute atomic E-state index is 10.0. The van der Waals surface area contributed by atoms with Crippen LogP contribution >= 0.6 is 0 Å². The summed E-state index contributed by atoms with van der Waals surface area (Å²) >= 11 is 0. The number of aliphatic imine (C=N–C) groups is 1. The molecular formula is C21H17N3O3. The molecule has 6 heteroatoms. The third kappa shape index (κ3) is 3.50. The van der Waals surface area contributed by atoms with Gasteiger partial charge in [-0.15, -0.1) is 0 Å². The van der Waals surface area contributed by atoms with E-state index >= 15 is 0 Å². The first kappa shape index (κ1) is 16.8. The quantitative estimate of drug-likeness (QED) is 0.536. The van der Waals surface area contributed by atoms with Crippen LogP contribution in [0.15, 0.2) is 64.1 Å².